The minimum absolute atomic E-state index is 0.303. The number of pyridine rings is 1. The maximum Gasteiger partial charge on any atom is 0.356 e. The SMILES string of the molecule is CCc1ccc(Cl)nc1C(=O)OC. The van der Waals surface area contributed by atoms with E-state index in [1.807, 2.05) is 6.92 Å². The molecule has 1 aromatic rings. The predicted molar refractivity (Wildman–Crippen MR) is 50.0 cm³/mol. The Bertz CT molecular complexity index is 325. The van der Waals surface area contributed by atoms with Gasteiger partial charge in [0.2, 0.25) is 0 Å². The summed E-state index contributed by atoms with van der Waals surface area (Å²) in [7, 11) is 1.32. The second-order valence-corrected chi connectivity index (χ2v) is 2.87. The van der Waals surface area contributed by atoms with Gasteiger partial charge in [0.1, 0.15) is 5.15 Å². The molecule has 0 aliphatic carbocycles. The second kappa shape index (κ2) is 4.23. The number of aromatic nitrogens is 1. The molecule has 0 aromatic carbocycles. The van der Waals surface area contributed by atoms with E-state index >= 15 is 0 Å². The molecule has 0 radical (unpaired) electrons. The van der Waals surface area contributed by atoms with Gasteiger partial charge in [-0.15, -0.1) is 0 Å². The molecule has 0 aliphatic heterocycles. The quantitative estimate of drug-likeness (QED) is 0.541. The Morgan fingerprint density at radius 3 is 2.85 bits per heavy atom. The summed E-state index contributed by atoms with van der Waals surface area (Å²) in [6.07, 6.45) is 0.731. The van der Waals surface area contributed by atoms with Crippen LogP contribution in [0.15, 0.2) is 12.1 Å². The normalized spacial score (nSPS) is 9.77. The zero-order valence-electron chi connectivity index (χ0n) is 7.50. The molecule has 1 heterocycles. The van der Waals surface area contributed by atoms with Crippen LogP contribution in [0.1, 0.15) is 23.0 Å². The topological polar surface area (TPSA) is 39.2 Å². The van der Waals surface area contributed by atoms with Gasteiger partial charge in [0, 0.05) is 0 Å². The van der Waals surface area contributed by atoms with Gasteiger partial charge in [-0.05, 0) is 18.1 Å². The van der Waals surface area contributed by atoms with Crippen LogP contribution in [-0.4, -0.2) is 18.1 Å². The zero-order chi connectivity index (χ0) is 9.84. The van der Waals surface area contributed by atoms with Crippen LogP contribution in [-0.2, 0) is 11.2 Å². The van der Waals surface area contributed by atoms with Crippen LogP contribution in [0.5, 0.6) is 0 Å². The third-order valence-corrected chi connectivity index (χ3v) is 1.91. The molecule has 0 N–H and O–H groups in total. The van der Waals surface area contributed by atoms with Crippen LogP contribution in [0.4, 0.5) is 0 Å². The Hall–Kier alpha value is -1.09. The van der Waals surface area contributed by atoms with E-state index in [1.165, 1.54) is 7.11 Å². The van der Waals surface area contributed by atoms with Crippen molar-refractivity contribution in [3.63, 3.8) is 0 Å². The molecule has 1 aromatic heterocycles. The lowest BCUT2D eigenvalue weighted by atomic mass is 10.1. The van der Waals surface area contributed by atoms with Crippen molar-refractivity contribution in [2.24, 2.45) is 0 Å². The minimum atomic E-state index is -0.445. The number of halogens is 1. The van der Waals surface area contributed by atoms with Crippen LogP contribution in [0.25, 0.3) is 0 Å². The highest BCUT2D eigenvalue weighted by Gasteiger charge is 2.12. The fourth-order valence-electron chi connectivity index (χ4n) is 1.02. The van der Waals surface area contributed by atoms with Crippen LogP contribution in [0.3, 0.4) is 0 Å². The van der Waals surface area contributed by atoms with E-state index in [4.69, 9.17) is 11.6 Å². The smallest absolute Gasteiger partial charge is 0.356 e. The van der Waals surface area contributed by atoms with Gasteiger partial charge in [-0.25, -0.2) is 9.78 Å². The maximum atomic E-state index is 11.2. The molecule has 0 bridgehead atoms. The van der Waals surface area contributed by atoms with Crippen molar-refractivity contribution in [3.05, 3.63) is 28.5 Å². The van der Waals surface area contributed by atoms with E-state index in [2.05, 4.69) is 9.72 Å². The molecule has 1 rings (SSSR count). The number of nitrogens with zero attached hydrogens (tertiary/aromatic N) is 1. The number of esters is 1. The monoisotopic (exact) mass is 199 g/mol. The summed E-state index contributed by atoms with van der Waals surface area (Å²) in [6.45, 7) is 1.94. The molecular formula is C9H10ClNO2. The number of carbonyl (C=O) groups excluding carboxylic acids is 1. The fourth-order valence-corrected chi connectivity index (χ4v) is 1.17. The number of carbonyl (C=O) groups is 1. The van der Waals surface area contributed by atoms with E-state index in [1.54, 1.807) is 12.1 Å². The summed E-state index contributed by atoms with van der Waals surface area (Å²) in [6, 6.07) is 3.44. The Morgan fingerprint density at radius 1 is 1.62 bits per heavy atom. The van der Waals surface area contributed by atoms with Gasteiger partial charge in [-0.1, -0.05) is 24.6 Å². The summed E-state index contributed by atoms with van der Waals surface area (Å²) in [5.41, 5.74) is 1.15. The second-order valence-electron chi connectivity index (χ2n) is 2.49. The molecule has 70 valence electrons. The average molecular weight is 200 g/mol. The predicted octanol–water partition coefficient (Wildman–Crippen LogP) is 2.08. The molecule has 0 saturated heterocycles. The molecule has 13 heavy (non-hydrogen) atoms. The van der Waals surface area contributed by atoms with Crippen molar-refractivity contribution in [1.82, 2.24) is 4.98 Å². The van der Waals surface area contributed by atoms with E-state index in [-0.39, 0.29) is 0 Å². The van der Waals surface area contributed by atoms with E-state index in [0.29, 0.717) is 10.8 Å². The number of rotatable bonds is 2. The highest BCUT2D eigenvalue weighted by Crippen LogP contribution is 2.12. The molecule has 0 atom stereocenters. The number of ether oxygens (including phenoxy) is 1. The summed E-state index contributed by atoms with van der Waals surface area (Å²) >= 11 is 5.66. The maximum absolute atomic E-state index is 11.2. The summed E-state index contributed by atoms with van der Waals surface area (Å²) in [4.78, 5) is 15.1. The van der Waals surface area contributed by atoms with Gasteiger partial charge in [0.15, 0.2) is 5.69 Å². The lowest BCUT2D eigenvalue weighted by Crippen LogP contribution is -2.08. The van der Waals surface area contributed by atoms with Crippen LogP contribution < -0.4 is 0 Å². The van der Waals surface area contributed by atoms with Crippen LogP contribution in [0.2, 0.25) is 5.15 Å². The molecule has 0 amide bonds. The summed E-state index contributed by atoms with van der Waals surface area (Å²) in [5, 5.41) is 0.303. The molecular weight excluding hydrogens is 190 g/mol. The van der Waals surface area contributed by atoms with Crippen molar-refractivity contribution in [3.8, 4) is 0 Å². The molecule has 0 aliphatic rings. The lowest BCUT2D eigenvalue weighted by molar-refractivity contribution is 0.0592. The van der Waals surface area contributed by atoms with Crippen molar-refractivity contribution in [1.29, 1.82) is 0 Å². The Labute approximate surface area is 81.7 Å². The number of methoxy groups -OCH3 is 1. The van der Waals surface area contributed by atoms with Gasteiger partial charge >= 0.3 is 5.97 Å². The van der Waals surface area contributed by atoms with Crippen LogP contribution >= 0.6 is 11.6 Å². The van der Waals surface area contributed by atoms with E-state index in [0.717, 1.165) is 12.0 Å². The zero-order valence-corrected chi connectivity index (χ0v) is 8.26. The first kappa shape index (κ1) is 9.99. The van der Waals surface area contributed by atoms with E-state index < -0.39 is 5.97 Å². The van der Waals surface area contributed by atoms with Gasteiger partial charge in [0.25, 0.3) is 0 Å². The first-order valence-electron chi connectivity index (χ1n) is 3.92. The van der Waals surface area contributed by atoms with Gasteiger partial charge in [-0.2, -0.15) is 0 Å². The Kier molecular flexibility index (Phi) is 3.25. The highest BCUT2D eigenvalue weighted by atomic mass is 35.5. The number of hydrogen-bond donors (Lipinski definition) is 0. The first-order chi connectivity index (χ1) is 6.19. The summed E-state index contributed by atoms with van der Waals surface area (Å²) < 4.78 is 4.57. The van der Waals surface area contributed by atoms with Crippen molar-refractivity contribution < 1.29 is 9.53 Å². The number of hydrogen-bond acceptors (Lipinski definition) is 3. The minimum Gasteiger partial charge on any atom is -0.464 e. The highest BCUT2D eigenvalue weighted by molar-refractivity contribution is 6.29. The third-order valence-electron chi connectivity index (χ3n) is 1.70. The molecule has 4 heteroatoms. The average Bonchev–Trinajstić information content (AvgIpc) is 2.16. The van der Waals surface area contributed by atoms with Gasteiger partial charge in [-0.3, -0.25) is 0 Å². The molecule has 0 spiro atoms. The number of aryl methyl sites for hydroxylation is 1. The van der Waals surface area contributed by atoms with Crippen molar-refractivity contribution >= 4 is 17.6 Å². The Balaban J connectivity index is 3.15. The fraction of sp³-hybridized carbons (Fsp3) is 0.333. The largest absolute Gasteiger partial charge is 0.464 e. The first-order valence-corrected chi connectivity index (χ1v) is 4.30. The molecule has 0 saturated carbocycles. The molecule has 0 fully saturated rings. The third kappa shape index (κ3) is 2.18. The molecule has 0 unspecified atom stereocenters. The summed E-state index contributed by atoms with van der Waals surface area (Å²) in [5.74, 6) is -0.445. The van der Waals surface area contributed by atoms with Crippen molar-refractivity contribution in [2.75, 3.05) is 7.11 Å². The van der Waals surface area contributed by atoms with Crippen LogP contribution in [0, 0.1) is 0 Å². The van der Waals surface area contributed by atoms with E-state index in [9.17, 15) is 4.79 Å². The molecule has 3 nitrogen and oxygen atoms in total. The lowest BCUT2D eigenvalue weighted by Gasteiger charge is -2.04. The standard InChI is InChI=1S/C9H10ClNO2/c1-3-6-4-5-7(10)11-8(6)9(12)13-2/h4-5H,3H2,1-2H3. The Morgan fingerprint density at radius 2 is 2.31 bits per heavy atom. The van der Waals surface area contributed by atoms with Gasteiger partial charge < -0.3 is 4.74 Å². The van der Waals surface area contributed by atoms with Gasteiger partial charge in [0.05, 0.1) is 7.11 Å². The van der Waals surface area contributed by atoms with Crippen molar-refractivity contribution in [2.45, 2.75) is 13.3 Å².